The van der Waals surface area contributed by atoms with E-state index in [4.69, 9.17) is 11.6 Å². The van der Waals surface area contributed by atoms with Gasteiger partial charge in [0.05, 0.1) is 16.3 Å². The second kappa shape index (κ2) is 5.67. The molecule has 1 amide bonds. The van der Waals surface area contributed by atoms with Crippen LogP contribution in [0, 0.1) is 5.82 Å². The molecular formula is C13H11ClFN3O. The summed E-state index contributed by atoms with van der Waals surface area (Å²) in [6, 6.07) is 7.51. The minimum absolute atomic E-state index is 0.132. The molecule has 0 saturated heterocycles. The Bertz CT molecular complexity index is 619. The standard InChI is InChI=1S/C13H11ClFN3O/c1-16-11-8(4-2-6-10(11)15)13(19)18-12-9(14)5-3-7-17-12/h2-7,16H,1H3,(H,17,18,19). The molecule has 0 aliphatic rings. The third-order valence-electron chi connectivity index (χ3n) is 2.50. The first kappa shape index (κ1) is 13.3. The Hall–Kier alpha value is -2.14. The molecule has 0 aliphatic carbocycles. The van der Waals surface area contributed by atoms with Gasteiger partial charge in [-0.25, -0.2) is 9.37 Å². The van der Waals surface area contributed by atoms with E-state index in [0.29, 0.717) is 5.02 Å². The van der Waals surface area contributed by atoms with Gasteiger partial charge in [0.15, 0.2) is 5.82 Å². The van der Waals surface area contributed by atoms with Crippen molar-refractivity contribution in [3.05, 3.63) is 52.9 Å². The first-order valence-electron chi connectivity index (χ1n) is 5.51. The Morgan fingerprint density at radius 1 is 1.32 bits per heavy atom. The van der Waals surface area contributed by atoms with E-state index in [-0.39, 0.29) is 17.1 Å². The molecule has 98 valence electrons. The van der Waals surface area contributed by atoms with Gasteiger partial charge in [-0.1, -0.05) is 17.7 Å². The van der Waals surface area contributed by atoms with Gasteiger partial charge >= 0.3 is 0 Å². The summed E-state index contributed by atoms with van der Waals surface area (Å²) in [4.78, 5) is 16.0. The number of hydrogen-bond acceptors (Lipinski definition) is 3. The molecule has 2 aromatic rings. The molecule has 0 saturated carbocycles. The lowest BCUT2D eigenvalue weighted by atomic mass is 10.1. The zero-order valence-electron chi connectivity index (χ0n) is 10.1. The highest BCUT2D eigenvalue weighted by Crippen LogP contribution is 2.22. The normalized spacial score (nSPS) is 10.1. The first-order chi connectivity index (χ1) is 9.13. The molecule has 4 nitrogen and oxygen atoms in total. The van der Waals surface area contributed by atoms with Crippen molar-refractivity contribution < 1.29 is 9.18 Å². The maximum atomic E-state index is 13.5. The second-order valence-corrected chi connectivity index (χ2v) is 4.11. The Balaban J connectivity index is 2.31. The summed E-state index contributed by atoms with van der Waals surface area (Å²) in [5.74, 6) is -0.743. The fourth-order valence-corrected chi connectivity index (χ4v) is 1.79. The predicted molar refractivity (Wildman–Crippen MR) is 73.1 cm³/mol. The maximum Gasteiger partial charge on any atom is 0.259 e. The molecule has 6 heteroatoms. The van der Waals surface area contributed by atoms with Crippen LogP contribution in [0.25, 0.3) is 0 Å². The SMILES string of the molecule is CNc1c(F)cccc1C(=O)Nc1ncccc1Cl. The number of rotatable bonds is 3. The number of amides is 1. The Morgan fingerprint density at radius 2 is 2.11 bits per heavy atom. The highest BCUT2D eigenvalue weighted by atomic mass is 35.5. The highest BCUT2D eigenvalue weighted by molar-refractivity contribution is 6.33. The first-order valence-corrected chi connectivity index (χ1v) is 5.89. The molecule has 0 radical (unpaired) electrons. The number of pyridine rings is 1. The molecule has 0 bridgehead atoms. The van der Waals surface area contributed by atoms with Crippen LogP contribution in [0.5, 0.6) is 0 Å². The van der Waals surface area contributed by atoms with Crippen LogP contribution in [-0.4, -0.2) is 17.9 Å². The van der Waals surface area contributed by atoms with E-state index in [1.807, 2.05) is 0 Å². The van der Waals surface area contributed by atoms with E-state index in [2.05, 4.69) is 15.6 Å². The number of benzene rings is 1. The van der Waals surface area contributed by atoms with Crippen molar-refractivity contribution in [2.24, 2.45) is 0 Å². The number of nitrogens with one attached hydrogen (secondary N) is 2. The minimum atomic E-state index is -0.498. The van der Waals surface area contributed by atoms with Crippen molar-refractivity contribution in [2.45, 2.75) is 0 Å². The highest BCUT2D eigenvalue weighted by Gasteiger charge is 2.15. The fourth-order valence-electron chi connectivity index (χ4n) is 1.62. The Labute approximate surface area is 114 Å². The number of aromatic nitrogens is 1. The quantitative estimate of drug-likeness (QED) is 0.907. The number of carbonyl (C=O) groups excluding carboxylic acids is 1. The van der Waals surface area contributed by atoms with Gasteiger partial charge in [0.25, 0.3) is 5.91 Å². The summed E-state index contributed by atoms with van der Waals surface area (Å²) >= 11 is 5.89. The number of carbonyl (C=O) groups is 1. The molecule has 0 atom stereocenters. The van der Waals surface area contributed by atoms with E-state index in [1.165, 1.54) is 24.4 Å². The minimum Gasteiger partial charge on any atom is -0.385 e. The van der Waals surface area contributed by atoms with Crippen LogP contribution in [0.3, 0.4) is 0 Å². The van der Waals surface area contributed by atoms with E-state index in [1.54, 1.807) is 19.2 Å². The zero-order chi connectivity index (χ0) is 13.8. The fraction of sp³-hybridized carbons (Fsp3) is 0.0769. The number of anilines is 2. The third-order valence-corrected chi connectivity index (χ3v) is 2.80. The summed E-state index contributed by atoms with van der Waals surface area (Å²) in [5.41, 5.74) is 0.316. The lowest BCUT2D eigenvalue weighted by Crippen LogP contribution is -2.15. The lowest BCUT2D eigenvalue weighted by molar-refractivity contribution is 0.102. The summed E-state index contributed by atoms with van der Waals surface area (Å²) in [5, 5.41) is 5.51. The molecule has 1 aromatic heterocycles. The largest absolute Gasteiger partial charge is 0.385 e. The van der Waals surface area contributed by atoms with Gasteiger partial charge in [-0.2, -0.15) is 0 Å². The van der Waals surface area contributed by atoms with Crippen molar-refractivity contribution in [1.82, 2.24) is 4.98 Å². The molecule has 0 aliphatic heterocycles. The van der Waals surface area contributed by atoms with Gasteiger partial charge in [-0.3, -0.25) is 4.79 Å². The molecular weight excluding hydrogens is 269 g/mol. The van der Waals surface area contributed by atoms with Crippen LogP contribution in [-0.2, 0) is 0 Å². The topological polar surface area (TPSA) is 54.0 Å². The van der Waals surface area contributed by atoms with Crippen LogP contribution < -0.4 is 10.6 Å². The summed E-state index contributed by atoms with van der Waals surface area (Å²) < 4.78 is 13.5. The van der Waals surface area contributed by atoms with Crippen LogP contribution in [0.2, 0.25) is 5.02 Å². The average Bonchev–Trinajstić information content (AvgIpc) is 2.41. The van der Waals surface area contributed by atoms with Gasteiger partial charge in [-0.15, -0.1) is 0 Å². The zero-order valence-corrected chi connectivity index (χ0v) is 10.8. The van der Waals surface area contributed by atoms with Crippen LogP contribution >= 0.6 is 11.6 Å². The summed E-state index contributed by atoms with van der Waals surface area (Å²) in [6.07, 6.45) is 1.51. The van der Waals surface area contributed by atoms with Gasteiger partial charge in [-0.05, 0) is 24.3 Å². The average molecular weight is 280 g/mol. The number of nitrogens with zero attached hydrogens (tertiary/aromatic N) is 1. The van der Waals surface area contributed by atoms with Crippen molar-refractivity contribution in [3.8, 4) is 0 Å². The van der Waals surface area contributed by atoms with E-state index in [0.717, 1.165) is 0 Å². The summed E-state index contributed by atoms with van der Waals surface area (Å²) in [6.45, 7) is 0. The number of halogens is 2. The van der Waals surface area contributed by atoms with Crippen molar-refractivity contribution in [2.75, 3.05) is 17.7 Å². The second-order valence-electron chi connectivity index (χ2n) is 3.70. The Kier molecular flexibility index (Phi) is 3.97. The molecule has 2 rings (SSSR count). The smallest absolute Gasteiger partial charge is 0.259 e. The number of para-hydroxylation sites is 1. The van der Waals surface area contributed by atoms with E-state index in [9.17, 15) is 9.18 Å². The monoisotopic (exact) mass is 279 g/mol. The molecule has 0 spiro atoms. The maximum absolute atomic E-state index is 13.5. The van der Waals surface area contributed by atoms with Crippen LogP contribution in [0.15, 0.2) is 36.5 Å². The van der Waals surface area contributed by atoms with Gasteiger partial charge in [0, 0.05) is 13.2 Å². The van der Waals surface area contributed by atoms with Gasteiger partial charge < -0.3 is 10.6 Å². The van der Waals surface area contributed by atoms with Crippen molar-refractivity contribution in [3.63, 3.8) is 0 Å². The lowest BCUT2D eigenvalue weighted by Gasteiger charge is -2.10. The van der Waals surface area contributed by atoms with Crippen LogP contribution in [0.1, 0.15) is 10.4 Å². The van der Waals surface area contributed by atoms with E-state index >= 15 is 0 Å². The van der Waals surface area contributed by atoms with Crippen molar-refractivity contribution in [1.29, 1.82) is 0 Å². The molecule has 0 unspecified atom stereocenters. The van der Waals surface area contributed by atoms with Crippen molar-refractivity contribution >= 4 is 29.0 Å². The molecule has 1 heterocycles. The van der Waals surface area contributed by atoms with Crippen LogP contribution in [0.4, 0.5) is 15.9 Å². The molecule has 19 heavy (non-hydrogen) atoms. The Morgan fingerprint density at radius 3 is 2.79 bits per heavy atom. The summed E-state index contributed by atoms with van der Waals surface area (Å²) in [7, 11) is 1.54. The third kappa shape index (κ3) is 2.82. The van der Waals surface area contributed by atoms with Gasteiger partial charge in [0.1, 0.15) is 5.82 Å². The molecule has 1 aromatic carbocycles. The number of hydrogen-bond donors (Lipinski definition) is 2. The predicted octanol–water partition coefficient (Wildman–Crippen LogP) is 3.17. The van der Waals surface area contributed by atoms with Gasteiger partial charge in [0.2, 0.25) is 0 Å². The molecule has 2 N–H and O–H groups in total. The molecule has 0 fully saturated rings. The van der Waals surface area contributed by atoms with E-state index < -0.39 is 11.7 Å².